The van der Waals surface area contributed by atoms with Gasteiger partial charge in [-0.2, -0.15) is 0 Å². The Morgan fingerprint density at radius 1 is 0.771 bits per heavy atom. The van der Waals surface area contributed by atoms with Crippen LogP contribution < -0.4 is 5.32 Å². The fraction of sp³-hybridized carbons (Fsp3) is 0.581. The van der Waals surface area contributed by atoms with Crippen LogP contribution in [0.3, 0.4) is 0 Å². The zero-order chi connectivity index (χ0) is 23.7. The predicted octanol–water partition coefficient (Wildman–Crippen LogP) is 4.75. The van der Waals surface area contributed by atoms with Crippen LogP contribution in [-0.4, -0.2) is 54.5 Å². The third kappa shape index (κ3) is 5.34. The van der Waals surface area contributed by atoms with Crippen molar-refractivity contribution < 1.29 is 4.79 Å². The number of carbonyl (C=O) groups is 1. The molecule has 0 aromatic heterocycles. The summed E-state index contributed by atoms with van der Waals surface area (Å²) in [4.78, 5) is 19.0. The van der Waals surface area contributed by atoms with Gasteiger partial charge < -0.3 is 5.32 Å². The van der Waals surface area contributed by atoms with Crippen LogP contribution in [0.4, 0.5) is 0 Å². The summed E-state index contributed by atoms with van der Waals surface area (Å²) in [7, 11) is 0. The van der Waals surface area contributed by atoms with Gasteiger partial charge in [0.25, 0.3) is 0 Å². The van der Waals surface area contributed by atoms with Crippen LogP contribution in [0.25, 0.3) is 0 Å². The van der Waals surface area contributed by atoms with E-state index in [0.29, 0.717) is 5.91 Å². The van der Waals surface area contributed by atoms with Gasteiger partial charge in [-0.3, -0.25) is 14.6 Å². The summed E-state index contributed by atoms with van der Waals surface area (Å²) in [5.74, 6) is 2.78. The van der Waals surface area contributed by atoms with E-state index < -0.39 is 0 Å². The van der Waals surface area contributed by atoms with Gasteiger partial charge in [0.2, 0.25) is 5.91 Å². The smallest absolute Gasteiger partial charge is 0.226 e. The normalized spacial score (nSPS) is 31.4. The van der Waals surface area contributed by atoms with Crippen molar-refractivity contribution in [2.24, 2.45) is 23.2 Å². The Morgan fingerprint density at radius 2 is 1.29 bits per heavy atom. The van der Waals surface area contributed by atoms with Gasteiger partial charge in [-0.05, 0) is 73.8 Å². The molecule has 4 nitrogen and oxygen atoms in total. The highest BCUT2D eigenvalue weighted by Gasteiger charge is 2.54. The summed E-state index contributed by atoms with van der Waals surface area (Å²) in [6.07, 6.45) is 8.49. The number of hydrogen-bond acceptors (Lipinski definition) is 3. The minimum absolute atomic E-state index is 0.0714. The predicted molar refractivity (Wildman–Crippen MR) is 141 cm³/mol. The van der Waals surface area contributed by atoms with E-state index in [2.05, 4.69) is 75.8 Å². The van der Waals surface area contributed by atoms with E-state index in [1.165, 1.54) is 30.4 Å². The molecule has 1 amide bonds. The number of benzene rings is 2. The highest BCUT2D eigenvalue weighted by Crippen LogP contribution is 2.60. The maximum atomic E-state index is 13.9. The first-order valence-electron chi connectivity index (χ1n) is 14.0. The van der Waals surface area contributed by atoms with Crippen LogP contribution >= 0.6 is 0 Å². The molecule has 4 bridgehead atoms. The van der Waals surface area contributed by atoms with Crippen molar-refractivity contribution in [2.45, 2.75) is 57.5 Å². The SMILES string of the molecule is O=C(N[C@@H](Cc1ccccc1)CN1CCN(Cc2ccccc2)CC1)C12CC3CC(CC(C3)C1)C2. The van der Waals surface area contributed by atoms with Gasteiger partial charge >= 0.3 is 0 Å². The molecule has 7 rings (SSSR count). The minimum atomic E-state index is -0.0714. The number of rotatable bonds is 8. The number of hydrogen-bond donors (Lipinski definition) is 1. The zero-order valence-corrected chi connectivity index (χ0v) is 21.1. The average molecular weight is 472 g/mol. The standard InChI is InChI=1S/C31H41N3O/c35-30(31-19-26-15-27(20-31)17-28(16-26)21-31)32-29(18-24-7-3-1-4-8-24)23-34-13-11-33(12-14-34)22-25-9-5-2-6-10-25/h1-10,26-29H,11-23H2,(H,32,35)/t26?,27?,28?,29-,31?/m0/s1. The Balaban J connectivity index is 1.09. The van der Waals surface area contributed by atoms with Gasteiger partial charge in [0.05, 0.1) is 0 Å². The van der Waals surface area contributed by atoms with Crippen LogP contribution in [0.2, 0.25) is 0 Å². The van der Waals surface area contributed by atoms with Crippen molar-refractivity contribution in [3.05, 3.63) is 71.8 Å². The molecule has 0 spiro atoms. The topological polar surface area (TPSA) is 35.6 Å². The molecule has 2 aromatic rings. The van der Waals surface area contributed by atoms with E-state index in [-0.39, 0.29) is 11.5 Å². The Labute approximate surface area is 211 Å². The molecule has 1 aliphatic heterocycles. The van der Waals surface area contributed by atoms with Crippen LogP contribution in [0.15, 0.2) is 60.7 Å². The number of amides is 1. The molecular weight excluding hydrogens is 430 g/mol. The van der Waals surface area contributed by atoms with Crippen LogP contribution in [0.1, 0.15) is 49.7 Å². The van der Waals surface area contributed by atoms with Crippen molar-refractivity contribution in [1.82, 2.24) is 15.1 Å². The van der Waals surface area contributed by atoms with E-state index in [1.54, 1.807) is 0 Å². The molecular formula is C31H41N3O. The Bertz CT molecular complexity index is 948. The summed E-state index contributed by atoms with van der Waals surface area (Å²) in [5, 5.41) is 3.63. The maximum absolute atomic E-state index is 13.9. The van der Waals surface area contributed by atoms with Crippen molar-refractivity contribution >= 4 is 5.91 Å². The second-order valence-corrected chi connectivity index (χ2v) is 12.1. The Morgan fingerprint density at radius 3 is 1.86 bits per heavy atom. The van der Waals surface area contributed by atoms with Gasteiger partial charge in [-0.15, -0.1) is 0 Å². The van der Waals surface area contributed by atoms with E-state index in [9.17, 15) is 4.79 Å². The van der Waals surface area contributed by atoms with Crippen molar-refractivity contribution in [2.75, 3.05) is 32.7 Å². The molecule has 35 heavy (non-hydrogen) atoms. The molecule has 1 atom stereocenters. The van der Waals surface area contributed by atoms with Crippen molar-refractivity contribution in [1.29, 1.82) is 0 Å². The molecule has 0 unspecified atom stereocenters. The molecule has 1 N–H and O–H groups in total. The first-order chi connectivity index (χ1) is 17.1. The summed E-state index contributed by atoms with van der Waals surface area (Å²) in [6, 6.07) is 21.7. The summed E-state index contributed by atoms with van der Waals surface area (Å²) < 4.78 is 0. The maximum Gasteiger partial charge on any atom is 0.226 e. The van der Waals surface area contributed by atoms with Gasteiger partial charge in [0.15, 0.2) is 0 Å². The zero-order valence-electron chi connectivity index (χ0n) is 21.1. The van der Waals surface area contributed by atoms with Crippen molar-refractivity contribution in [3.8, 4) is 0 Å². The van der Waals surface area contributed by atoms with Crippen LogP contribution in [-0.2, 0) is 17.8 Å². The summed E-state index contributed by atoms with van der Waals surface area (Å²) in [6.45, 7) is 6.32. The number of carbonyl (C=O) groups excluding carboxylic acids is 1. The lowest BCUT2D eigenvalue weighted by atomic mass is 9.49. The number of nitrogens with one attached hydrogen (secondary N) is 1. The quantitative estimate of drug-likeness (QED) is 0.604. The van der Waals surface area contributed by atoms with E-state index in [1.807, 2.05) is 0 Å². The molecule has 1 saturated heterocycles. The van der Waals surface area contributed by atoms with Crippen LogP contribution in [0.5, 0.6) is 0 Å². The summed E-state index contributed by atoms with van der Waals surface area (Å²) >= 11 is 0. The van der Waals surface area contributed by atoms with Gasteiger partial charge in [-0.25, -0.2) is 0 Å². The number of nitrogens with zero attached hydrogens (tertiary/aromatic N) is 2. The van der Waals surface area contributed by atoms with Gasteiger partial charge in [0, 0.05) is 50.7 Å². The number of piperazine rings is 1. The average Bonchev–Trinajstić information content (AvgIpc) is 2.86. The fourth-order valence-corrected chi connectivity index (χ4v) is 8.07. The third-order valence-corrected chi connectivity index (χ3v) is 9.37. The molecule has 0 radical (unpaired) electrons. The third-order valence-electron chi connectivity index (χ3n) is 9.37. The highest BCUT2D eigenvalue weighted by molar-refractivity contribution is 5.83. The first-order valence-corrected chi connectivity index (χ1v) is 14.0. The molecule has 5 fully saturated rings. The molecule has 4 heteroatoms. The molecule has 2 aromatic carbocycles. The van der Waals surface area contributed by atoms with Gasteiger partial charge in [-0.1, -0.05) is 60.7 Å². The highest BCUT2D eigenvalue weighted by atomic mass is 16.2. The molecule has 4 aliphatic carbocycles. The van der Waals surface area contributed by atoms with E-state index in [0.717, 1.165) is 82.7 Å². The second-order valence-electron chi connectivity index (χ2n) is 12.1. The van der Waals surface area contributed by atoms with Gasteiger partial charge in [0.1, 0.15) is 0 Å². The molecule has 5 aliphatic rings. The van der Waals surface area contributed by atoms with Crippen molar-refractivity contribution in [3.63, 3.8) is 0 Å². The van der Waals surface area contributed by atoms with E-state index >= 15 is 0 Å². The minimum Gasteiger partial charge on any atom is -0.351 e. The summed E-state index contributed by atoms with van der Waals surface area (Å²) in [5.41, 5.74) is 2.65. The largest absolute Gasteiger partial charge is 0.351 e. The lowest BCUT2D eigenvalue weighted by molar-refractivity contribution is -0.147. The monoisotopic (exact) mass is 471 g/mol. The van der Waals surface area contributed by atoms with Crippen LogP contribution in [0, 0.1) is 23.2 Å². The fourth-order valence-electron chi connectivity index (χ4n) is 8.07. The lowest BCUT2D eigenvalue weighted by Crippen LogP contribution is -2.57. The Kier molecular flexibility index (Phi) is 6.68. The molecule has 186 valence electrons. The molecule has 1 heterocycles. The second kappa shape index (κ2) is 10.1. The first kappa shape index (κ1) is 23.2. The van der Waals surface area contributed by atoms with E-state index in [4.69, 9.17) is 0 Å². The molecule has 4 saturated carbocycles. The lowest BCUT2D eigenvalue weighted by Gasteiger charge is -2.56. The Hall–Kier alpha value is -2.17.